The molecule has 0 saturated carbocycles. The summed E-state index contributed by atoms with van der Waals surface area (Å²) in [5, 5.41) is 3.29. The number of likely N-dealkylation sites (tertiary alicyclic amines) is 1. The van der Waals surface area contributed by atoms with Crippen LogP contribution >= 0.6 is 12.4 Å². The molecule has 2 aromatic carbocycles. The molecule has 0 bridgehead atoms. The van der Waals surface area contributed by atoms with Gasteiger partial charge in [0.25, 0.3) is 0 Å². The number of hydrogen-bond donors (Lipinski definition) is 1. The monoisotopic (exact) mass is 431 g/mol. The van der Waals surface area contributed by atoms with E-state index in [9.17, 15) is 14.0 Å². The first-order chi connectivity index (χ1) is 14.0. The Bertz CT molecular complexity index is 895. The molecule has 2 saturated heterocycles. The Morgan fingerprint density at radius 3 is 2.67 bits per heavy atom. The van der Waals surface area contributed by atoms with Gasteiger partial charge in [0.05, 0.1) is 18.0 Å². The minimum Gasteiger partial charge on any atom is -0.335 e. The maximum absolute atomic E-state index is 13.7. The van der Waals surface area contributed by atoms with Crippen LogP contribution in [0.5, 0.6) is 0 Å². The van der Waals surface area contributed by atoms with Crippen LogP contribution in [0.2, 0.25) is 0 Å². The Morgan fingerprint density at radius 1 is 1.17 bits per heavy atom. The van der Waals surface area contributed by atoms with E-state index in [0.717, 1.165) is 11.1 Å². The zero-order valence-electron chi connectivity index (χ0n) is 17.0. The fourth-order valence-electron chi connectivity index (χ4n) is 4.40. The molecular formula is C23H27ClFN3O2. The van der Waals surface area contributed by atoms with E-state index in [1.165, 1.54) is 12.1 Å². The van der Waals surface area contributed by atoms with Gasteiger partial charge in [0.2, 0.25) is 11.8 Å². The first kappa shape index (κ1) is 22.2. The molecule has 160 valence electrons. The highest BCUT2D eigenvalue weighted by Gasteiger charge is 2.41. The van der Waals surface area contributed by atoms with Gasteiger partial charge in [-0.2, -0.15) is 0 Å². The van der Waals surface area contributed by atoms with Crippen LogP contribution in [0.1, 0.15) is 36.6 Å². The molecule has 2 heterocycles. The van der Waals surface area contributed by atoms with Crippen LogP contribution in [0.25, 0.3) is 0 Å². The predicted octanol–water partition coefficient (Wildman–Crippen LogP) is 3.33. The van der Waals surface area contributed by atoms with Crippen molar-refractivity contribution in [2.45, 2.75) is 25.4 Å². The zero-order chi connectivity index (χ0) is 20.4. The van der Waals surface area contributed by atoms with E-state index in [0.29, 0.717) is 26.2 Å². The molecule has 2 aliphatic rings. The van der Waals surface area contributed by atoms with Gasteiger partial charge in [-0.1, -0.05) is 42.5 Å². The van der Waals surface area contributed by atoms with Crippen molar-refractivity contribution in [2.24, 2.45) is 5.92 Å². The lowest BCUT2D eigenvalue weighted by molar-refractivity contribution is -0.139. The second-order valence-electron chi connectivity index (χ2n) is 7.84. The summed E-state index contributed by atoms with van der Waals surface area (Å²) in [6.07, 6.45) is 0.232. The fourth-order valence-corrected chi connectivity index (χ4v) is 4.40. The predicted molar refractivity (Wildman–Crippen MR) is 116 cm³/mol. The average molecular weight is 432 g/mol. The first-order valence-electron chi connectivity index (χ1n) is 10.2. The van der Waals surface area contributed by atoms with E-state index in [1.807, 2.05) is 48.2 Å². The maximum atomic E-state index is 13.7. The molecule has 0 spiro atoms. The van der Waals surface area contributed by atoms with Gasteiger partial charge in [-0.05, 0) is 30.2 Å². The highest BCUT2D eigenvalue weighted by molar-refractivity contribution is 5.89. The molecule has 1 N–H and O–H groups in total. The van der Waals surface area contributed by atoms with Crippen molar-refractivity contribution in [3.8, 4) is 0 Å². The Kier molecular flexibility index (Phi) is 7.10. The van der Waals surface area contributed by atoms with Gasteiger partial charge in [-0.25, -0.2) is 4.39 Å². The molecule has 0 aromatic heterocycles. The van der Waals surface area contributed by atoms with E-state index in [-0.39, 0.29) is 54.5 Å². The van der Waals surface area contributed by atoms with E-state index in [1.54, 1.807) is 11.0 Å². The smallest absolute Gasteiger partial charge is 0.228 e. The average Bonchev–Trinajstić information content (AvgIpc) is 3.15. The number of hydrogen-bond acceptors (Lipinski definition) is 3. The van der Waals surface area contributed by atoms with E-state index in [2.05, 4.69) is 5.32 Å². The number of amides is 2. The number of piperazine rings is 1. The van der Waals surface area contributed by atoms with Crippen molar-refractivity contribution < 1.29 is 14.0 Å². The van der Waals surface area contributed by atoms with Crippen molar-refractivity contribution in [3.05, 3.63) is 71.5 Å². The van der Waals surface area contributed by atoms with Gasteiger partial charge in [0, 0.05) is 32.6 Å². The number of halogens is 2. The van der Waals surface area contributed by atoms with Crippen LogP contribution in [0.4, 0.5) is 4.39 Å². The second-order valence-corrected chi connectivity index (χ2v) is 7.84. The second kappa shape index (κ2) is 9.58. The third-order valence-electron chi connectivity index (χ3n) is 6.02. The standard InChI is InChI=1S/C23H26FN3O2.ClH/c1-16(17-6-3-2-4-7-17)27-15-19(13-22(27)28)23(29)26-11-10-25-14-21(26)18-8-5-9-20(24)12-18;/h2-9,12,16,19,21,25H,10-11,13-15H2,1H3;1H. The van der Waals surface area contributed by atoms with Crippen LogP contribution in [0.3, 0.4) is 0 Å². The molecule has 30 heavy (non-hydrogen) atoms. The molecule has 3 unspecified atom stereocenters. The van der Waals surface area contributed by atoms with Gasteiger partial charge in [0.1, 0.15) is 5.82 Å². The van der Waals surface area contributed by atoms with Gasteiger partial charge in [-0.15, -0.1) is 12.4 Å². The molecule has 2 aromatic rings. The minimum atomic E-state index is -0.358. The van der Waals surface area contributed by atoms with Crippen molar-refractivity contribution >= 4 is 24.2 Å². The highest BCUT2D eigenvalue weighted by Crippen LogP contribution is 2.32. The van der Waals surface area contributed by atoms with Gasteiger partial charge in [0.15, 0.2) is 0 Å². The van der Waals surface area contributed by atoms with Crippen molar-refractivity contribution in [3.63, 3.8) is 0 Å². The van der Waals surface area contributed by atoms with Gasteiger partial charge in [-0.3, -0.25) is 9.59 Å². The summed E-state index contributed by atoms with van der Waals surface area (Å²) in [6.45, 7) is 4.26. The van der Waals surface area contributed by atoms with E-state index < -0.39 is 0 Å². The van der Waals surface area contributed by atoms with Crippen LogP contribution < -0.4 is 5.32 Å². The molecule has 2 amide bonds. The molecule has 0 aliphatic carbocycles. The third kappa shape index (κ3) is 4.50. The summed E-state index contributed by atoms with van der Waals surface area (Å²) in [6, 6.07) is 16.0. The van der Waals surface area contributed by atoms with Crippen LogP contribution in [-0.4, -0.2) is 47.8 Å². The van der Waals surface area contributed by atoms with Crippen molar-refractivity contribution in [1.82, 2.24) is 15.1 Å². The SMILES string of the molecule is CC(c1ccccc1)N1CC(C(=O)N2CCNCC2c2cccc(F)c2)CC1=O.Cl. The maximum Gasteiger partial charge on any atom is 0.228 e. The summed E-state index contributed by atoms with van der Waals surface area (Å²) in [5.74, 6) is -0.670. The minimum absolute atomic E-state index is 0. The van der Waals surface area contributed by atoms with Gasteiger partial charge >= 0.3 is 0 Å². The Morgan fingerprint density at radius 2 is 1.93 bits per heavy atom. The summed E-state index contributed by atoms with van der Waals surface area (Å²) < 4.78 is 13.7. The van der Waals surface area contributed by atoms with E-state index in [4.69, 9.17) is 0 Å². The van der Waals surface area contributed by atoms with Gasteiger partial charge < -0.3 is 15.1 Å². The van der Waals surface area contributed by atoms with Crippen molar-refractivity contribution in [1.29, 1.82) is 0 Å². The highest BCUT2D eigenvalue weighted by atomic mass is 35.5. The normalized spacial score (nSPS) is 22.5. The van der Waals surface area contributed by atoms with E-state index >= 15 is 0 Å². The van der Waals surface area contributed by atoms with Crippen LogP contribution in [0.15, 0.2) is 54.6 Å². The number of benzene rings is 2. The Hall–Kier alpha value is -2.44. The quantitative estimate of drug-likeness (QED) is 0.807. The lowest BCUT2D eigenvalue weighted by Gasteiger charge is -2.38. The third-order valence-corrected chi connectivity index (χ3v) is 6.02. The first-order valence-corrected chi connectivity index (χ1v) is 10.2. The molecule has 2 aliphatic heterocycles. The summed E-state index contributed by atoms with van der Waals surface area (Å²) in [4.78, 5) is 29.6. The molecule has 2 fully saturated rings. The molecule has 0 radical (unpaired) electrons. The molecule has 5 nitrogen and oxygen atoms in total. The zero-order valence-corrected chi connectivity index (χ0v) is 17.8. The lowest BCUT2D eigenvalue weighted by atomic mass is 9.99. The lowest BCUT2D eigenvalue weighted by Crippen LogP contribution is -2.50. The molecule has 4 rings (SSSR count). The van der Waals surface area contributed by atoms with Crippen molar-refractivity contribution in [2.75, 3.05) is 26.2 Å². The number of rotatable bonds is 4. The number of nitrogens with zero attached hydrogens (tertiary/aromatic N) is 2. The summed E-state index contributed by atoms with van der Waals surface area (Å²) >= 11 is 0. The summed E-state index contributed by atoms with van der Waals surface area (Å²) in [7, 11) is 0. The molecule has 3 atom stereocenters. The largest absolute Gasteiger partial charge is 0.335 e. The summed E-state index contributed by atoms with van der Waals surface area (Å²) in [5.41, 5.74) is 1.85. The number of carbonyl (C=O) groups is 2. The Balaban J connectivity index is 0.00000256. The fraction of sp³-hybridized carbons (Fsp3) is 0.391. The van der Waals surface area contributed by atoms with Crippen LogP contribution in [0, 0.1) is 11.7 Å². The Labute approximate surface area is 182 Å². The molecule has 7 heteroatoms. The number of nitrogens with one attached hydrogen (secondary N) is 1. The topological polar surface area (TPSA) is 52.7 Å². The van der Waals surface area contributed by atoms with Crippen LogP contribution in [-0.2, 0) is 9.59 Å². The number of carbonyl (C=O) groups excluding carboxylic acids is 2. The molecular weight excluding hydrogens is 405 g/mol.